The Kier molecular flexibility index (Phi) is 7.06. The number of amides is 3. The lowest BCUT2D eigenvalue weighted by atomic mass is 10.1. The van der Waals surface area contributed by atoms with E-state index in [0.29, 0.717) is 21.8 Å². The third-order valence-corrected chi connectivity index (χ3v) is 5.44. The number of hydrogen-bond donors (Lipinski definition) is 2. The van der Waals surface area contributed by atoms with E-state index in [1.165, 1.54) is 60.5 Å². The van der Waals surface area contributed by atoms with Crippen LogP contribution in [0.4, 0.5) is 5.69 Å². The molecule has 2 N–H and O–H groups in total. The van der Waals surface area contributed by atoms with E-state index in [0.717, 1.165) is 0 Å². The van der Waals surface area contributed by atoms with Gasteiger partial charge in [-0.1, -0.05) is 11.6 Å². The summed E-state index contributed by atoms with van der Waals surface area (Å²) in [6.45, 7) is 0. The van der Waals surface area contributed by atoms with Crippen LogP contribution in [0, 0.1) is 0 Å². The van der Waals surface area contributed by atoms with Gasteiger partial charge in [-0.2, -0.15) is 0 Å². The van der Waals surface area contributed by atoms with Gasteiger partial charge in [0.2, 0.25) is 5.91 Å². The molecule has 1 aliphatic rings. The highest BCUT2D eigenvalue weighted by atomic mass is 35.5. The molecule has 3 amide bonds. The lowest BCUT2D eigenvalue weighted by Gasteiger charge is -2.24. The lowest BCUT2D eigenvalue weighted by Crippen LogP contribution is -2.49. The van der Waals surface area contributed by atoms with Crippen molar-refractivity contribution in [2.75, 3.05) is 19.5 Å². The first-order valence-electron chi connectivity index (χ1n) is 9.37. The van der Waals surface area contributed by atoms with Crippen LogP contribution >= 0.6 is 23.8 Å². The number of nitrogens with zero attached hydrogens (tertiary/aromatic N) is 2. The van der Waals surface area contributed by atoms with Gasteiger partial charge >= 0.3 is 5.97 Å². The number of hydrazine groups is 1. The third kappa shape index (κ3) is 5.04. The normalized spacial score (nSPS) is 15.5. The Balaban J connectivity index is 1.69. The Morgan fingerprint density at radius 2 is 1.66 bits per heavy atom. The molecular weight excluding hydrogens is 456 g/mol. The van der Waals surface area contributed by atoms with Gasteiger partial charge in [-0.25, -0.2) is 9.80 Å². The van der Waals surface area contributed by atoms with Crippen LogP contribution in [-0.4, -0.2) is 58.9 Å². The van der Waals surface area contributed by atoms with E-state index in [-0.39, 0.29) is 11.5 Å². The van der Waals surface area contributed by atoms with Gasteiger partial charge in [0.15, 0.2) is 5.11 Å². The van der Waals surface area contributed by atoms with E-state index >= 15 is 0 Å². The minimum Gasteiger partial charge on any atom is -0.465 e. The first kappa shape index (κ1) is 23.2. The fourth-order valence-corrected chi connectivity index (χ4v) is 3.39. The summed E-state index contributed by atoms with van der Waals surface area (Å²) in [5, 5.41) is 4.40. The molecule has 0 bridgehead atoms. The van der Waals surface area contributed by atoms with Gasteiger partial charge in [-0.05, 0) is 60.7 Å². The van der Waals surface area contributed by atoms with Gasteiger partial charge in [0.05, 0.1) is 19.1 Å². The number of carbonyl (C=O) groups excluding carboxylic acids is 4. The molecule has 0 radical (unpaired) electrons. The summed E-state index contributed by atoms with van der Waals surface area (Å²) in [5.74, 6) is -1.90. The predicted molar refractivity (Wildman–Crippen MR) is 121 cm³/mol. The number of benzene rings is 2. The van der Waals surface area contributed by atoms with Gasteiger partial charge in [-0.3, -0.25) is 24.7 Å². The summed E-state index contributed by atoms with van der Waals surface area (Å²) in [7, 11) is 2.74. The number of hydrogen-bond acceptors (Lipinski definition) is 6. The number of ether oxygens (including phenoxy) is 1. The lowest BCUT2D eigenvalue weighted by molar-refractivity contribution is -0.130. The van der Waals surface area contributed by atoms with Crippen LogP contribution in [0.2, 0.25) is 5.02 Å². The quantitative estimate of drug-likeness (QED) is 0.488. The standard InChI is InChI=1S/C21H19ClN4O5S/c1-25-19(29)16(11-17(27)23-15-9-5-13(6-10-15)20(30)31-2)26(21(25)32)24-18(28)12-3-7-14(22)8-4-12/h3-10,16H,11H2,1-2H3,(H,23,27)(H,24,28). The minimum atomic E-state index is -1.02. The largest absolute Gasteiger partial charge is 0.465 e. The van der Waals surface area contributed by atoms with Crippen LogP contribution in [0.1, 0.15) is 27.1 Å². The molecule has 1 atom stereocenters. The smallest absolute Gasteiger partial charge is 0.337 e. The zero-order valence-corrected chi connectivity index (χ0v) is 18.7. The van der Waals surface area contributed by atoms with Gasteiger partial charge in [0, 0.05) is 23.3 Å². The van der Waals surface area contributed by atoms with Crippen molar-refractivity contribution < 1.29 is 23.9 Å². The van der Waals surface area contributed by atoms with Crippen molar-refractivity contribution in [3.8, 4) is 0 Å². The van der Waals surface area contributed by atoms with Gasteiger partial charge in [0.1, 0.15) is 6.04 Å². The first-order valence-corrected chi connectivity index (χ1v) is 10.2. The number of thiocarbonyl (C=S) groups is 1. The van der Waals surface area contributed by atoms with Crippen molar-refractivity contribution in [1.82, 2.24) is 15.3 Å². The summed E-state index contributed by atoms with van der Waals surface area (Å²) >= 11 is 11.1. The fourth-order valence-electron chi connectivity index (χ4n) is 3.00. The van der Waals surface area contributed by atoms with E-state index < -0.39 is 29.7 Å². The van der Waals surface area contributed by atoms with Crippen LogP contribution in [0.5, 0.6) is 0 Å². The highest BCUT2D eigenvalue weighted by Crippen LogP contribution is 2.19. The van der Waals surface area contributed by atoms with Crippen molar-refractivity contribution in [2.24, 2.45) is 0 Å². The Hall–Kier alpha value is -3.50. The van der Waals surface area contributed by atoms with E-state index in [4.69, 9.17) is 23.8 Å². The maximum Gasteiger partial charge on any atom is 0.337 e. The topological polar surface area (TPSA) is 108 Å². The molecule has 32 heavy (non-hydrogen) atoms. The highest BCUT2D eigenvalue weighted by molar-refractivity contribution is 7.80. The van der Waals surface area contributed by atoms with Gasteiger partial charge in [-0.15, -0.1) is 0 Å². The minimum absolute atomic E-state index is 0.0672. The van der Waals surface area contributed by atoms with Gasteiger partial charge in [0.25, 0.3) is 11.8 Å². The maximum atomic E-state index is 12.6. The number of esters is 1. The van der Waals surface area contributed by atoms with Crippen LogP contribution in [-0.2, 0) is 14.3 Å². The fraction of sp³-hybridized carbons (Fsp3) is 0.190. The van der Waals surface area contributed by atoms with Crippen molar-refractivity contribution in [2.45, 2.75) is 12.5 Å². The molecule has 0 aromatic heterocycles. The zero-order valence-electron chi connectivity index (χ0n) is 17.1. The molecule has 0 saturated carbocycles. The average Bonchev–Trinajstić information content (AvgIpc) is 2.97. The molecule has 1 fully saturated rings. The number of halogens is 1. The van der Waals surface area contributed by atoms with Crippen molar-refractivity contribution in [3.05, 3.63) is 64.7 Å². The molecular formula is C21H19ClN4O5S. The van der Waals surface area contributed by atoms with E-state index in [2.05, 4.69) is 15.5 Å². The molecule has 1 saturated heterocycles. The number of carbonyl (C=O) groups is 4. The van der Waals surface area contributed by atoms with E-state index in [9.17, 15) is 19.2 Å². The van der Waals surface area contributed by atoms with E-state index in [1.54, 1.807) is 12.1 Å². The van der Waals surface area contributed by atoms with E-state index in [1.807, 2.05) is 0 Å². The SMILES string of the molecule is COC(=O)c1ccc(NC(=O)CC2C(=O)N(C)C(=S)N2NC(=O)c2ccc(Cl)cc2)cc1. The van der Waals surface area contributed by atoms with Crippen LogP contribution < -0.4 is 10.7 Å². The number of likely N-dealkylation sites (N-methyl/N-ethyl adjacent to an activating group) is 1. The summed E-state index contributed by atoms with van der Waals surface area (Å²) < 4.78 is 4.63. The van der Waals surface area contributed by atoms with Crippen molar-refractivity contribution in [3.63, 3.8) is 0 Å². The number of methoxy groups -OCH3 is 1. The van der Waals surface area contributed by atoms with Crippen molar-refractivity contribution >= 4 is 58.3 Å². The maximum absolute atomic E-state index is 12.6. The highest BCUT2D eigenvalue weighted by Gasteiger charge is 2.42. The molecule has 166 valence electrons. The summed E-state index contributed by atoms with van der Waals surface area (Å²) in [6, 6.07) is 11.3. The average molecular weight is 475 g/mol. The third-order valence-electron chi connectivity index (χ3n) is 4.72. The molecule has 2 aromatic carbocycles. The summed E-state index contributed by atoms with van der Waals surface area (Å²) in [6.07, 6.45) is -0.261. The molecule has 1 heterocycles. The monoisotopic (exact) mass is 474 g/mol. The molecule has 9 nitrogen and oxygen atoms in total. The van der Waals surface area contributed by atoms with Crippen molar-refractivity contribution in [1.29, 1.82) is 0 Å². The Bertz CT molecular complexity index is 1070. The van der Waals surface area contributed by atoms with Crippen LogP contribution in [0.3, 0.4) is 0 Å². The Morgan fingerprint density at radius 3 is 2.25 bits per heavy atom. The second-order valence-electron chi connectivity index (χ2n) is 6.83. The molecule has 2 aromatic rings. The number of nitrogens with one attached hydrogen (secondary N) is 2. The molecule has 1 aliphatic heterocycles. The first-order chi connectivity index (χ1) is 15.2. The summed E-state index contributed by atoms with van der Waals surface area (Å²) in [4.78, 5) is 50.5. The molecule has 3 rings (SSSR count). The predicted octanol–water partition coefficient (Wildman–Crippen LogP) is 2.23. The molecule has 11 heteroatoms. The molecule has 1 unspecified atom stereocenters. The summed E-state index contributed by atoms with van der Waals surface area (Å²) in [5.41, 5.74) is 3.66. The number of anilines is 1. The van der Waals surface area contributed by atoms with Gasteiger partial charge < -0.3 is 10.1 Å². The molecule has 0 spiro atoms. The number of rotatable bonds is 6. The van der Waals surface area contributed by atoms with Crippen LogP contribution in [0.15, 0.2) is 48.5 Å². The zero-order chi connectivity index (χ0) is 23.4. The Morgan fingerprint density at radius 1 is 1.06 bits per heavy atom. The molecule has 0 aliphatic carbocycles. The second-order valence-corrected chi connectivity index (χ2v) is 7.64. The Labute approximate surface area is 194 Å². The van der Waals surface area contributed by atoms with Crippen LogP contribution in [0.25, 0.3) is 0 Å². The second kappa shape index (κ2) is 9.75.